The zero-order valence-corrected chi connectivity index (χ0v) is 13.5. The molecule has 2 rings (SSSR count). The Balaban J connectivity index is 1.98. The first kappa shape index (κ1) is 17.2. The maximum absolute atomic E-state index is 12.4. The summed E-state index contributed by atoms with van der Waals surface area (Å²) >= 11 is 0. The molecule has 0 atom stereocenters. The average molecular weight is 322 g/mol. The molecule has 0 radical (unpaired) electrons. The molecule has 0 unspecified atom stereocenters. The zero-order chi connectivity index (χ0) is 17.6. The van der Waals surface area contributed by atoms with Crippen molar-refractivity contribution in [3.8, 4) is 6.07 Å². The fourth-order valence-electron chi connectivity index (χ4n) is 1.92. The number of hydrogen-bond acceptors (Lipinski definition) is 4. The highest BCUT2D eigenvalue weighted by Gasteiger charge is 2.35. The summed E-state index contributed by atoms with van der Waals surface area (Å²) in [6, 6.07) is 12.1. The van der Waals surface area contributed by atoms with Crippen LogP contribution in [-0.2, 0) is 16.1 Å². The van der Waals surface area contributed by atoms with Gasteiger partial charge in [0.1, 0.15) is 5.41 Å². The predicted octanol–water partition coefficient (Wildman–Crippen LogP) is 2.23. The number of benzene rings is 1. The van der Waals surface area contributed by atoms with E-state index in [2.05, 4.69) is 15.6 Å². The highest BCUT2D eigenvalue weighted by molar-refractivity contribution is 6.09. The van der Waals surface area contributed by atoms with Gasteiger partial charge in [-0.05, 0) is 55.8 Å². The Labute approximate surface area is 140 Å². The predicted molar refractivity (Wildman–Crippen MR) is 89.7 cm³/mol. The summed E-state index contributed by atoms with van der Waals surface area (Å²) in [4.78, 5) is 28.6. The van der Waals surface area contributed by atoms with Gasteiger partial charge in [0.25, 0.3) is 0 Å². The normalized spacial score (nSPS) is 10.5. The summed E-state index contributed by atoms with van der Waals surface area (Å²) < 4.78 is 0. The minimum Gasteiger partial charge on any atom is -0.351 e. The van der Waals surface area contributed by atoms with Crippen LogP contribution in [0.2, 0.25) is 0 Å². The Kier molecular flexibility index (Phi) is 5.27. The molecule has 0 fully saturated rings. The quantitative estimate of drug-likeness (QED) is 0.825. The molecule has 2 aromatic rings. The van der Waals surface area contributed by atoms with Crippen molar-refractivity contribution in [3.05, 3.63) is 59.9 Å². The van der Waals surface area contributed by atoms with E-state index in [1.807, 2.05) is 6.07 Å². The molecule has 0 bridgehead atoms. The summed E-state index contributed by atoms with van der Waals surface area (Å²) in [5.74, 6) is -0.787. The first-order chi connectivity index (χ1) is 11.4. The minimum atomic E-state index is -1.24. The Hall–Kier alpha value is -3.20. The van der Waals surface area contributed by atoms with Gasteiger partial charge in [-0.3, -0.25) is 14.6 Å². The van der Waals surface area contributed by atoms with E-state index in [1.54, 1.807) is 62.6 Å². The minimum absolute atomic E-state index is 0.328. The number of carbonyl (C=O) groups excluding carboxylic acids is 2. The molecule has 6 heteroatoms. The van der Waals surface area contributed by atoms with Gasteiger partial charge in [-0.15, -0.1) is 0 Å². The maximum Gasteiger partial charge on any atom is 0.239 e. The molecule has 0 aliphatic carbocycles. The second-order valence-electron chi connectivity index (χ2n) is 5.81. The lowest BCUT2D eigenvalue weighted by Gasteiger charge is -2.22. The molecule has 0 saturated heterocycles. The topological polar surface area (TPSA) is 94.9 Å². The van der Waals surface area contributed by atoms with Gasteiger partial charge in [0.15, 0.2) is 0 Å². The van der Waals surface area contributed by atoms with Gasteiger partial charge in [-0.25, -0.2) is 0 Å². The van der Waals surface area contributed by atoms with Crippen molar-refractivity contribution in [2.75, 3.05) is 5.32 Å². The molecule has 1 heterocycles. The van der Waals surface area contributed by atoms with Crippen LogP contribution >= 0.6 is 0 Å². The molecule has 24 heavy (non-hydrogen) atoms. The number of carbonyl (C=O) groups is 2. The number of nitrogens with zero attached hydrogens (tertiary/aromatic N) is 2. The molecular weight excluding hydrogens is 304 g/mol. The van der Waals surface area contributed by atoms with Crippen molar-refractivity contribution >= 4 is 17.5 Å². The molecule has 2 N–H and O–H groups in total. The first-order valence-corrected chi connectivity index (χ1v) is 7.42. The molecule has 0 aliphatic rings. The van der Waals surface area contributed by atoms with E-state index in [9.17, 15) is 9.59 Å². The van der Waals surface area contributed by atoms with Gasteiger partial charge in [-0.1, -0.05) is 0 Å². The molecular formula is C18H18N4O2. The van der Waals surface area contributed by atoms with Gasteiger partial charge in [-0.2, -0.15) is 5.26 Å². The van der Waals surface area contributed by atoms with Crippen LogP contribution in [0.25, 0.3) is 0 Å². The van der Waals surface area contributed by atoms with E-state index in [4.69, 9.17) is 5.26 Å². The van der Waals surface area contributed by atoms with Crippen LogP contribution in [0.3, 0.4) is 0 Å². The second-order valence-corrected chi connectivity index (χ2v) is 5.81. The highest BCUT2D eigenvalue weighted by Crippen LogP contribution is 2.19. The summed E-state index contributed by atoms with van der Waals surface area (Å²) in [5, 5.41) is 14.2. The Morgan fingerprint density at radius 1 is 1.08 bits per heavy atom. The lowest BCUT2D eigenvalue weighted by Crippen LogP contribution is -2.44. The zero-order valence-electron chi connectivity index (χ0n) is 13.5. The number of nitrogens with one attached hydrogen (secondary N) is 2. The number of amides is 2. The summed E-state index contributed by atoms with van der Waals surface area (Å²) in [5.41, 5.74) is 0.707. The fourth-order valence-corrected chi connectivity index (χ4v) is 1.92. The molecule has 122 valence electrons. The average Bonchev–Trinajstić information content (AvgIpc) is 2.61. The highest BCUT2D eigenvalue weighted by atomic mass is 16.2. The molecule has 1 aromatic heterocycles. The van der Waals surface area contributed by atoms with Gasteiger partial charge in [0, 0.05) is 24.6 Å². The van der Waals surface area contributed by atoms with Crippen molar-refractivity contribution in [1.82, 2.24) is 10.3 Å². The Morgan fingerprint density at radius 2 is 1.71 bits per heavy atom. The number of rotatable bonds is 5. The van der Waals surface area contributed by atoms with E-state index in [0.717, 1.165) is 5.56 Å². The van der Waals surface area contributed by atoms with Gasteiger partial charge < -0.3 is 10.6 Å². The lowest BCUT2D eigenvalue weighted by atomic mass is 9.90. The summed E-state index contributed by atoms with van der Waals surface area (Å²) in [6.45, 7) is 3.46. The van der Waals surface area contributed by atoms with E-state index < -0.39 is 11.3 Å². The van der Waals surface area contributed by atoms with Crippen LogP contribution in [-0.4, -0.2) is 16.8 Å². The number of aromatic nitrogens is 1. The molecule has 0 spiro atoms. The molecule has 0 aliphatic heterocycles. The second kappa shape index (κ2) is 7.38. The largest absolute Gasteiger partial charge is 0.351 e. The molecule has 0 saturated carbocycles. The third-order valence-electron chi connectivity index (χ3n) is 3.61. The summed E-state index contributed by atoms with van der Waals surface area (Å²) in [7, 11) is 0. The van der Waals surface area contributed by atoms with Crippen LogP contribution in [0.1, 0.15) is 25.0 Å². The van der Waals surface area contributed by atoms with E-state index in [0.29, 0.717) is 17.8 Å². The van der Waals surface area contributed by atoms with E-state index >= 15 is 0 Å². The van der Waals surface area contributed by atoms with Crippen LogP contribution in [0.5, 0.6) is 0 Å². The number of nitriles is 1. The lowest BCUT2D eigenvalue weighted by molar-refractivity contribution is -0.138. The molecule has 6 nitrogen and oxygen atoms in total. The monoisotopic (exact) mass is 322 g/mol. The van der Waals surface area contributed by atoms with Crippen LogP contribution in [0.4, 0.5) is 5.69 Å². The van der Waals surface area contributed by atoms with Crippen molar-refractivity contribution in [1.29, 1.82) is 5.26 Å². The fraction of sp³-hybridized carbons (Fsp3) is 0.222. The first-order valence-electron chi connectivity index (χ1n) is 7.42. The maximum atomic E-state index is 12.4. The Bertz CT molecular complexity index is 762. The van der Waals surface area contributed by atoms with Crippen LogP contribution in [0.15, 0.2) is 48.8 Å². The van der Waals surface area contributed by atoms with E-state index in [-0.39, 0.29) is 5.91 Å². The van der Waals surface area contributed by atoms with Gasteiger partial charge >= 0.3 is 0 Å². The smallest absolute Gasteiger partial charge is 0.239 e. The molecule has 2 amide bonds. The van der Waals surface area contributed by atoms with Crippen molar-refractivity contribution in [2.45, 2.75) is 20.4 Å². The number of anilines is 1. The van der Waals surface area contributed by atoms with Crippen LogP contribution < -0.4 is 10.6 Å². The third-order valence-corrected chi connectivity index (χ3v) is 3.61. The van der Waals surface area contributed by atoms with E-state index in [1.165, 1.54) is 0 Å². The third kappa shape index (κ3) is 4.17. The van der Waals surface area contributed by atoms with Crippen LogP contribution in [0, 0.1) is 16.7 Å². The van der Waals surface area contributed by atoms with Crippen molar-refractivity contribution in [3.63, 3.8) is 0 Å². The SMILES string of the molecule is CC(C)(C(=O)NCc1ccncc1)C(=O)Nc1ccc(C#N)cc1. The molecule has 1 aromatic carbocycles. The van der Waals surface area contributed by atoms with Crippen molar-refractivity contribution < 1.29 is 9.59 Å². The van der Waals surface area contributed by atoms with Gasteiger partial charge in [0.05, 0.1) is 11.6 Å². The standard InChI is InChI=1S/C18H18N4O2/c1-18(2,16(23)21-12-14-7-9-20-10-8-14)17(24)22-15-5-3-13(11-19)4-6-15/h3-10H,12H2,1-2H3,(H,21,23)(H,22,24). The Morgan fingerprint density at radius 3 is 2.29 bits per heavy atom. The number of pyridine rings is 1. The number of hydrogen-bond donors (Lipinski definition) is 2. The van der Waals surface area contributed by atoms with Crippen molar-refractivity contribution in [2.24, 2.45) is 5.41 Å². The summed E-state index contributed by atoms with van der Waals surface area (Å²) in [6.07, 6.45) is 3.29. The van der Waals surface area contributed by atoms with Gasteiger partial charge in [0.2, 0.25) is 11.8 Å².